The fourth-order valence-electron chi connectivity index (χ4n) is 4.34. The molecule has 0 aliphatic rings. The van der Waals surface area contributed by atoms with Crippen LogP contribution in [0.15, 0.2) is 0 Å². The van der Waals surface area contributed by atoms with Gasteiger partial charge in [0, 0.05) is 0 Å². The maximum atomic E-state index is 2.45. The van der Waals surface area contributed by atoms with Crippen LogP contribution in [0.3, 0.4) is 0 Å². The van der Waals surface area contributed by atoms with Crippen molar-refractivity contribution in [2.24, 2.45) is 0 Å². The third-order valence-electron chi connectivity index (χ3n) is 6.48. The Balaban J connectivity index is 0. The predicted molar refractivity (Wildman–Crippen MR) is 130 cm³/mol. The van der Waals surface area contributed by atoms with E-state index < -0.39 is 0 Å². The lowest BCUT2D eigenvalue weighted by Gasteiger charge is -2.30. The van der Waals surface area contributed by atoms with Crippen LogP contribution in [0.5, 0.6) is 0 Å². The maximum Gasteiger partial charge on any atom is 0.0782 e. The Kier molecular flexibility index (Phi) is 26.6. The Labute approximate surface area is 192 Å². The Morgan fingerprint density at radius 3 is 0.793 bits per heavy atom. The summed E-state index contributed by atoms with van der Waals surface area (Å²) in [6.45, 7) is 7.37. The summed E-state index contributed by atoms with van der Waals surface area (Å²) in [7, 11) is 4.90. The number of halogens is 1. The van der Waals surface area contributed by atoms with Gasteiger partial charge >= 0.3 is 0 Å². The van der Waals surface area contributed by atoms with E-state index in [1.807, 2.05) is 0 Å². The van der Waals surface area contributed by atoms with E-state index in [0.717, 1.165) is 0 Å². The molecule has 0 saturated heterocycles. The summed E-state index contributed by atoms with van der Waals surface area (Å²) in [6, 6.07) is 0. The first-order chi connectivity index (χ1) is 13.6. The van der Waals surface area contributed by atoms with Gasteiger partial charge in [0.05, 0.1) is 27.2 Å². The molecule has 0 atom stereocenters. The largest absolute Gasteiger partial charge is 1.00 e. The Morgan fingerprint density at radius 2 is 0.552 bits per heavy atom. The zero-order valence-electron chi connectivity index (χ0n) is 21.1. The molecule has 0 radical (unpaired) electrons. The quantitative estimate of drug-likeness (QED) is 0.131. The third kappa shape index (κ3) is 26.2. The molecule has 0 aromatic carbocycles. The molecular formula is C27H58ClN. The van der Waals surface area contributed by atoms with Crippen molar-refractivity contribution in [3.05, 3.63) is 0 Å². The van der Waals surface area contributed by atoms with Crippen molar-refractivity contribution < 1.29 is 16.9 Å². The van der Waals surface area contributed by atoms with Gasteiger partial charge in [0.2, 0.25) is 0 Å². The molecule has 0 fully saturated rings. The topological polar surface area (TPSA) is 0 Å². The van der Waals surface area contributed by atoms with Crippen molar-refractivity contribution in [3.63, 3.8) is 0 Å². The fourth-order valence-corrected chi connectivity index (χ4v) is 4.34. The van der Waals surface area contributed by atoms with Crippen LogP contribution in [0.25, 0.3) is 0 Å². The summed E-state index contributed by atoms with van der Waals surface area (Å²) in [4.78, 5) is 0. The summed E-state index contributed by atoms with van der Waals surface area (Å²) in [5, 5.41) is 0. The number of hydrogen-bond donors (Lipinski definition) is 0. The highest BCUT2D eigenvalue weighted by molar-refractivity contribution is 4.50. The highest BCUT2D eigenvalue weighted by Gasteiger charge is 2.13. The van der Waals surface area contributed by atoms with Crippen LogP contribution in [0.1, 0.15) is 149 Å². The molecule has 0 spiro atoms. The second-order valence-corrected chi connectivity index (χ2v) is 10.1. The first-order valence-corrected chi connectivity index (χ1v) is 13.4. The zero-order valence-corrected chi connectivity index (χ0v) is 21.8. The number of hydrogen-bond acceptors (Lipinski definition) is 0. The normalized spacial score (nSPS) is 11.6. The van der Waals surface area contributed by atoms with Gasteiger partial charge in [-0.1, -0.05) is 123 Å². The van der Waals surface area contributed by atoms with E-state index in [9.17, 15) is 0 Å². The minimum absolute atomic E-state index is 0. The van der Waals surface area contributed by atoms with Crippen molar-refractivity contribution in [2.75, 3.05) is 27.2 Å². The fraction of sp³-hybridized carbons (Fsp3) is 1.00. The van der Waals surface area contributed by atoms with Gasteiger partial charge in [0.25, 0.3) is 0 Å². The van der Waals surface area contributed by atoms with Crippen LogP contribution in [0.4, 0.5) is 0 Å². The minimum Gasteiger partial charge on any atom is -1.00 e. The number of rotatable bonds is 23. The standard InChI is InChI=1S/C27H58N.ClH/c1-5-7-9-11-13-15-17-19-21-23-25-27-28(3,4)26-24-22-20-18-16-14-12-10-8-6-2;/h5-27H2,1-4H3;1H/q+1;/p-1. The van der Waals surface area contributed by atoms with Gasteiger partial charge in [-0.05, 0) is 25.7 Å². The molecular weight excluding hydrogens is 374 g/mol. The van der Waals surface area contributed by atoms with E-state index >= 15 is 0 Å². The maximum absolute atomic E-state index is 2.45. The summed E-state index contributed by atoms with van der Waals surface area (Å²) in [5.41, 5.74) is 0. The monoisotopic (exact) mass is 431 g/mol. The lowest BCUT2D eigenvalue weighted by Crippen LogP contribution is -3.00. The van der Waals surface area contributed by atoms with Crippen LogP contribution in [0, 0.1) is 0 Å². The van der Waals surface area contributed by atoms with Crippen LogP contribution in [0.2, 0.25) is 0 Å². The molecule has 0 amide bonds. The van der Waals surface area contributed by atoms with Crippen molar-refractivity contribution in [1.29, 1.82) is 0 Å². The Morgan fingerprint density at radius 1 is 0.345 bits per heavy atom. The average Bonchev–Trinajstić information content (AvgIpc) is 2.67. The second kappa shape index (κ2) is 24.5. The van der Waals surface area contributed by atoms with Gasteiger partial charge < -0.3 is 16.9 Å². The van der Waals surface area contributed by atoms with E-state index in [0.29, 0.717) is 0 Å². The average molecular weight is 432 g/mol. The van der Waals surface area contributed by atoms with Crippen LogP contribution < -0.4 is 12.4 Å². The molecule has 29 heavy (non-hydrogen) atoms. The van der Waals surface area contributed by atoms with E-state index in [2.05, 4.69) is 27.9 Å². The molecule has 2 heteroatoms. The van der Waals surface area contributed by atoms with Crippen molar-refractivity contribution >= 4 is 0 Å². The minimum atomic E-state index is 0. The smallest absolute Gasteiger partial charge is 0.0782 e. The number of quaternary nitrogens is 1. The first-order valence-electron chi connectivity index (χ1n) is 13.4. The molecule has 178 valence electrons. The lowest BCUT2D eigenvalue weighted by molar-refractivity contribution is -0.890. The van der Waals surface area contributed by atoms with E-state index in [-0.39, 0.29) is 12.4 Å². The molecule has 0 unspecified atom stereocenters. The number of nitrogens with zero attached hydrogens (tertiary/aromatic N) is 1. The molecule has 0 N–H and O–H groups in total. The predicted octanol–water partition coefficient (Wildman–Crippen LogP) is 6.30. The molecule has 0 aliphatic carbocycles. The van der Waals surface area contributed by atoms with Crippen molar-refractivity contribution in [1.82, 2.24) is 0 Å². The molecule has 0 aromatic rings. The molecule has 0 heterocycles. The van der Waals surface area contributed by atoms with Crippen molar-refractivity contribution in [3.8, 4) is 0 Å². The first kappa shape index (κ1) is 31.4. The van der Waals surface area contributed by atoms with Gasteiger partial charge in [-0.25, -0.2) is 0 Å². The lowest BCUT2D eigenvalue weighted by atomic mass is 10.1. The molecule has 0 bridgehead atoms. The molecule has 0 rings (SSSR count). The van der Waals surface area contributed by atoms with E-state index in [1.54, 1.807) is 0 Å². The van der Waals surface area contributed by atoms with Crippen molar-refractivity contribution in [2.45, 2.75) is 149 Å². The van der Waals surface area contributed by atoms with Gasteiger partial charge in [-0.2, -0.15) is 0 Å². The van der Waals surface area contributed by atoms with Gasteiger partial charge in [-0.3, -0.25) is 0 Å². The van der Waals surface area contributed by atoms with Crippen LogP contribution >= 0.6 is 0 Å². The second-order valence-electron chi connectivity index (χ2n) is 10.1. The highest BCUT2D eigenvalue weighted by Crippen LogP contribution is 2.14. The highest BCUT2D eigenvalue weighted by atomic mass is 35.5. The summed E-state index contributed by atoms with van der Waals surface area (Å²) < 4.78 is 1.24. The van der Waals surface area contributed by atoms with Crippen LogP contribution in [-0.2, 0) is 0 Å². The van der Waals surface area contributed by atoms with Gasteiger partial charge in [0.1, 0.15) is 0 Å². The summed E-state index contributed by atoms with van der Waals surface area (Å²) in [5.74, 6) is 0. The Bertz CT molecular complexity index is 290. The van der Waals surface area contributed by atoms with Crippen LogP contribution in [-0.4, -0.2) is 31.7 Å². The Hall–Kier alpha value is 0.250. The van der Waals surface area contributed by atoms with Gasteiger partial charge in [-0.15, -0.1) is 0 Å². The molecule has 0 aromatic heterocycles. The zero-order chi connectivity index (χ0) is 20.8. The molecule has 1 nitrogen and oxygen atoms in total. The third-order valence-corrected chi connectivity index (χ3v) is 6.48. The van der Waals surface area contributed by atoms with Gasteiger partial charge in [0.15, 0.2) is 0 Å². The van der Waals surface area contributed by atoms with E-state index in [4.69, 9.17) is 0 Å². The van der Waals surface area contributed by atoms with E-state index in [1.165, 1.54) is 152 Å². The molecule has 0 aliphatic heterocycles. The summed E-state index contributed by atoms with van der Waals surface area (Å²) in [6.07, 6.45) is 30.5. The summed E-state index contributed by atoms with van der Waals surface area (Å²) >= 11 is 0. The SMILES string of the molecule is CCCCCCCCCCCCC[N+](C)(C)CCCCCCCCCCCC.[Cl-]. The number of unbranched alkanes of at least 4 members (excludes halogenated alkanes) is 19. The molecule has 0 saturated carbocycles.